The molecular formula is C33H34N2O5. The lowest BCUT2D eigenvalue weighted by Crippen LogP contribution is -2.65. The van der Waals surface area contributed by atoms with Crippen molar-refractivity contribution >= 4 is 17.6 Å². The van der Waals surface area contributed by atoms with Crippen molar-refractivity contribution in [1.29, 1.82) is 0 Å². The number of hydrogen-bond donors (Lipinski definition) is 1. The molecule has 7 nitrogen and oxygen atoms in total. The average molecular weight is 539 g/mol. The number of aliphatic carboxylic acids is 1. The second kappa shape index (κ2) is 11.0. The van der Waals surface area contributed by atoms with E-state index >= 15 is 0 Å². The van der Waals surface area contributed by atoms with Gasteiger partial charge >= 0.3 is 5.97 Å². The fraction of sp³-hybridized carbons (Fsp3) is 0.303. The minimum Gasteiger partial charge on any atom is -0.493 e. The molecule has 1 amide bonds. The number of benzene rings is 3. The van der Waals surface area contributed by atoms with Gasteiger partial charge in [-0.3, -0.25) is 9.69 Å². The largest absolute Gasteiger partial charge is 0.493 e. The van der Waals surface area contributed by atoms with Crippen LogP contribution in [0.5, 0.6) is 5.75 Å². The molecule has 0 radical (unpaired) electrons. The fourth-order valence-corrected chi connectivity index (χ4v) is 5.05. The molecule has 7 heteroatoms. The van der Waals surface area contributed by atoms with Crippen molar-refractivity contribution in [3.8, 4) is 17.2 Å². The van der Waals surface area contributed by atoms with Crippen LogP contribution in [0, 0.1) is 12.8 Å². The maximum atomic E-state index is 13.1. The fourth-order valence-electron chi connectivity index (χ4n) is 5.05. The molecule has 1 aromatic heterocycles. The first-order valence-electron chi connectivity index (χ1n) is 13.5. The normalized spacial score (nSPS) is 17.0. The highest BCUT2D eigenvalue weighted by atomic mass is 16.5. The number of oxazole rings is 1. The lowest BCUT2D eigenvalue weighted by Gasteiger charge is -2.44. The molecule has 2 heterocycles. The predicted octanol–water partition coefficient (Wildman–Crippen LogP) is 6.23. The van der Waals surface area contributed by atoms with E-state index in [1.807, 2.05) is 85.8 Å². The number of aryl methyl sites for hydroxylation is 1. The first-order valence-corrected chi connectivity index (χ1v) is 13.5. The molecule has 1 saturated heterocycles. The molecule has 1 aliphatic heterocycles. The summed E-state index contributed by atoms with van der Waals surface area (Å²) < 4.78 is 11.7. The molecule has 206 valence electrons. The minimum atomic E-state index is -0.997. The van der Waals surface area contributed by atoms with Gasteiger partial charge in [-0.25, -0.2) is 9.78 Å². The Morgan fingerprint density at radius 3 is 2.30 bits per heavy atom. The standard InChI is InChI=1S/C33H34N2O5/c1-21-28(34-30(40-21)23-8-6-5-7-9-23)18-19-39-26-16-10-22(11-17-26)20-27-29(32(37)38)35(31(27)36)25-14-12-24(13-15-25)33(2,3)4/h5-17,27,29H,18-20H2,1-4H3,(H,37,38)/t27?,29-/m0/s1. The first-order chi connectivity index (χ1) is 19.1. The second-order valence-electron chi connectivity index (χ2n) is 11.2. The first kappa shape index (κ1) is 27.2. The Morgan fingerprint density at radius 2 is 1.68 bits per heavy atom. The number of aromatic nitrogens is 1. The van der Waals surface area contributed by atoms with Gasteiger partial charge in [-0.05, 0) is 66.3 Å². The summed E-state index contributed by atoms with van der Waals surface area (Å²) in [5, 5.41) is 9.91. The van der Waals surface area contributed by atoms with Gasteiger partial charge in [-0.2, -0.15) is 0 Å². The van der Waals surface area contributed by atoms with Gasteiger partial charge in [0.05, 0.1) is 18.2 Å². The van der Waals surface area contributed by atoms with Crippen LogP contribution in [-0.4, -0.2) is 34.6 Å². The molecule has 3 aromatic carbocycles. The molecule has 2 atom stereocenters. The number of carboxylic acids is 1. The van der Waals surface area contributed by atoms with E-state index in [9.17, 15) is 14.7 Å². The number of amides is 1. The summed E-state index contributed by atoms with van der Waals surface area (Å²) in [7, 11) is 0. The molecule has 0 aliphatic carbocycles. The van der Waals surface area contributed by atoms with Crippen LogP contribution in [-0.2, 0) is 27.8 Å². The van der Waals surface area contributed by atoms with Crippen LogP contribution in [0.3, 0.4) is 0 Å². The lowest BCUT2D eigenvalue weighted by atomic mass is 9.81. The molecule has 1 N–H and O–H groups in total. The van der Waals surface area contributed by atoms with Crippen LogP contribution in [0.15, 0.2) is 83.3 Å². The summed E-state index contributed by atoms with van der Waals surface area (Å²) >= 11 is 0. The zero-order chi connectivity index (χ0) is 28.4. The molecule has 0 saturated carbocycles. The van der Waals surface area contributed by atoms with E-state index in [4.69, 9.17) is 9.15 Å². The number of ether oxygens (including phenoxy) is 1. The molecular weight excluding hydrogens is 504 g/mol. The van der Waals surface area contributed by atoms with E-state index in [-0.39, 0.29) is 11.3 Å². The highest BCUT2D eigenvalue weighted by Gasteiger charge is 2.52. The maximum Gasteiger partial charge on any atom is 0.327 e. The SMILES string of the molecule is Cc1oc(-c2ccccc2)nc1CCOc1ccc(CC2C(=O)N(c3ccc(C(C)(C)C)cc3)[C@@H]2C(=O)O)cc1. The van der Waals surface area contributed by atoms with Crippen LogP contribution < -0.4 is 9.64 Å². The summed E-state index contributed by atoms with van der Waals surface area (Å²) in [5.41, 5.74) is 4.40. The van der Waals surface area contributed by atoms with Crippen molar-refractivity contribution in [2.24, 2.45) is 5.92 Å². The number of carboxylic acid groups (broad SMARTS) is 1. The van der Waals surface area contributed by atoms with E-state index in [2.05, 4.69) is 25.8 Å². The quantitative estimate of drug-likeness (QED) is 0.254. The Kier molecular flexibility index (Phi) is 7.48. The van der Waals surface area contributed by atoms with E-state index < -0.39 is 17.9 Å². The number of carbonyl (C=O) groups excluding carboxylic acids is 1. The van der Waals surface area contributed by atoms with E-state index in [1.54, 1.807) is 0 Å². The highest BCUT2D eigenvalue weighted by molar-refractivity contribution is 6.10. The Balaban J connectivity index is 1.17. The number of rotatable bonds is 9. The Bertz CT molecular complexity index is 1480. The monoisotopic (exact) mass is 538 g/mol. The van der Waals surface area contributed by atoms with Crippen molar-refractivity contribution in [1.82, 2.24) is 4.98 Å². The number of anilines is 1. The van der Waals surface area contributed by atoms with Crippen LogP contribution >= 0.6 is 0 Å². The van der Waals surface area contributed by atoms with Crippen LogP contribution in [0.2, 0.25) is 0 Å². The zero-order valence-corrected chi connectivity index (χ0v) is 23.3. The third-order valence-electron chi connectivity index (χ3n) is 7.38. The second-order valence-corrected chi connectivity index (χ2v) is 11.2. The van der Waals surface area contributed by atoms with Crippen molar-refractivity contribution in [2.75, 3.05) is 11.5 Å². The Labute approximate surface area is 234 Å². The molecule has 1 aliphatic rings. The summed E-state index contributed by atoms with van der Waals surface area (Å²) in [6.45, 7) is 8.68. The van der Waals surface area contributed by atoms with Gasteiger partial charge in [0.1, 0.15) is 17.6 Å². The number of nitrogens with zero attached hydrogens (tertiary/aromatic N) is 2. The molecule has 40 heavy (non-hydrogen) atoms. The predicted molar refractivity (Wildman–Crippen MR) is 154 cm³/mol. The van der Waals surface area contributed by atoms with Gasteiger partial charge < -0.3 is 14.3 Å². The van der Waals surface area contributed by atoms with Crippen LogP contribution in [0.1, 0.15) is 43.4 Å². The minimum absolute atomic E-state index is 0.0247. The number of hydrogen-bond acceptors (Lipinski definition) is 5. The molecule has 5 rings (SSSR count). The van der Waals surface area contributed by atoms with Crippen LogP contribution in [0.25, 0.3) is 11.5 Å². The van der Waals surface area contributed by atoms with Gasteiger partial charge in [-0.15, -0.1) is 0 Å². The highest BCUT2D eigenvalue weighted by Crippen LogP contribution is 2.36. The topological polar surface area (TPSA) is 92.9 Å². The lowest BCUT2D eigenvalue weighted by molar-refractivity contribution is -0.149. The average Bonchev–Trinajstić information content (AvgIpc) is 3.31. The van der Waals surface area contributed by atoms with Gasteiger partial charge in [0, 0.05) is 17.7 Å². The molecule has 1 fully saturated rings. The number of carbonyl (C=O) groups is 2. The van der Waals surface area contributed by atoms with Crippen molar-refractivity contribution in [3.05, 3.63) is 101 Å². The van der Waals surface area contributed by atoms with E-state index in [1.165, 1.54) is 4.90 Å². The zero-order valence-electron chi connectivity index (χ0n) is 23.3. The Hall–Kier alpha value is -4.39. The molecule has 0 spiro atoms. The van der Waals surface area contributed by atoms with Crippen molar-refractivity contribution in [2.45, 2.75) is 52.0 Å². The van der Waals surface area contributed by atoms with Gasteiger partial charge in [-0.1, -0.05) is 63.2 Å². The smallest absolute Gasteiger partial charge is 0.327 e. The molecule has 4 aromatic rings. The molecule has 1 unspecified atom stereocenters. The summed E-state index contributed by atoms with van der Waals surface area (Å²) in [6.07, 6.45) is 0.959. The van der Waals surface area contributed by atoms with Gasteiger partial charge in [0.2, 0.25) is 11.8 Å². The summed E-state index contributed by atoms with van der Waals surface area (Å²) in [6, 6.07) is 23.9. The van der Waals surface area contributed by atoms with Crippen molar-refractivity contribution < 1.29 is 23.8 Å². The Morgan fingerprint density at radius 1 is 1.00 bits per heavy atom. The van der Waals surface area contributed by atoms with Gasteiger partial charge in [0.25, 0.3) is 0 Å². The van der Waals surface area contributed by atoms with E-state index in [0.29, 0.717) is 36.8 Å². The number of β-lactam (4-membered cyclic amide) rings is 1. The van der Waals surface area contributed by atoms with Crippen LogP contribution in [0.4, 0.5) is 5.69 Å². The summed E-state index contributed by atoms with van der Waals surface area (Å²) in [5.74, 6) is 0.291. The van der Waals surface area contributed by atoms with Crippen molar-refractivity contribution in [3.63, 3.8) is 0 Å². The molecule has 0 bridgehead atoms. The maximum absolute atomic E-state index is 13.1. The summed E-state index contributed by atoms with van der Waals surface area (Å²) in [4.78, 5) is 31.2. The third kappa shape index (κ3) is 5.64. The third-order valence-corrected chi connectivity index (χ3v) is 7.38. The van der Waals surface area contributed by atoms with E-state index in [0.717, 1.165) is 28.1 Å². The van der Waals surface area contributed by atoms with Gasteiger partial charge in [0.15, 0.2) is 0 Å².